The van der Waals surface area contributed by atoms with Gasteiger partial charge in [-0.15, -0.1) is 0 Å². The number of hydrogen-bond acceptors (Lipinski definition) is 4. The van der Waals surface area contributed by atoms with Crippen LogP contribution in [0.5, 0.6) is 5.75 Å². The number of ether oxygens (including phenoxy) is 1. The Bertz CT molecular complexity index is 925. The van der Waals surface area contributed by atoms with Gasteiger partial charge in [-0.05, 0) is 68.5 Å². The van der Waals surface area contributed by atoms with E-state index in [1.165, 1.54) is 11.3 Å². The quantitative estimate of drug-likeness (QED) is 0.739. The summed E-state index contributed by atoms with van der Waals surface area (Å²) in [6.45, 7) is 7.11. The van der Waals surface area contributed by atoms with Crippen molar-refractivity contribution in [1.82, 2.24) is 4.72 Å². The molecule has 0 aliphatic carbocycles. The highest BCUT2D eigenvalue weighted by Crippen LogP contribution is 2.31. The van der Waals surface area contributed by atoms with Crippen molar-refractivity contribution in [3.05, 3.63) is 53.1 Å². The molecule has 1 heterocycles. The molecule has 0 saturated heterocycles. The minimum absolute atomic E-state index is 0.320. The monoisotopic (exact) mass is 388 g/mol. The van der Waals surface area contributed by atoms with Crippen LogP contribution in [0.25, 0.3) is 0 Å². The predicted molar refractivity (Wildman–Crippen MR) is 109 cm³/mol. The largest absolute Gasteiger partial charge is 0.496 e. The molecule has 0 radical (unpaired) electrons. The first kappa shape index (κ1) is 19.7. The maximum absolute atomic E-state index is 12.7. The Labute approximate surface area is 162 Å². The second kappa shape index (κ2) is 7.90. The van der Waals surface area contributed by atoms with Crippen molar-refractivity contribution < 1.29 is 13.2 Å². The van der Waals surface area contributed by atoms with Gasteiger partial charge < -0.3 is 9.64 Å². The molecule has 27 heavy (non-hydrogen) atoms. The van der Waals surface area contributed by atoms with Crippen molar-refractivity contribution in [2.45, 2.75) is 44.6 Å². The highest BCUT2D eigenvalue weighted by molar-refractivity contribution is 7.89. The van der Waals surface area contributed by atoms with Crippen LogP contribution in [-0.2, 0) is 16.4 Å². The van der Waals surface area contributed by atoms with Gasteiger partial charge in [0.2, 0.25) is 10.0 Å². The second-order valence-corrected chi connectivity index (χ2v) is 8.95. The first-order valence-corrected chi connectivity index (χ1v) is 10.8. The summed E-state index contributed by atoms with van der Waals surface area (Å²) < 4.78 is 33.4. The van der Waals surface area contributed by atoms with E-state index in [0.717, 1.165) is 24.9 Å². The van der Waals surface area contributed by atoms with Gasteiger partial charge >= 0.3 is 0 Å². The molecule has 146 valence electrons. The molecule has 5 nitrogen and oxygen atoms in total. The maximum atomic E-state index is 12.7. The van der Waals surface area contributed by atoms with Crippen LogP contribution in [0.15, 0.2) is 41.3 Å². The Kier molecular flexibility index (Phi) is 5.77. The second-order valence-electron chi connectivity index (χ2n) is 7.21. The van der Waals surface area contributed by atoms with E-state index in [4.69, 9.17) is 4.74 Å². The van der Waals surface area contributed by atoms with Crippen molar-refractivity contribution in [3.63, 3.8) is 0 Å². The van der Waals surface area contributed by atoms with Crippen LogP contribution in [0.1, 0.15) is 30.0 Å². The summed E-state index contributed by atoms with van der Waals surface area (Å²) in [6.07, 6.45) is 1.80. The molecule has 2 aromatic rings. The minimum atomic E-state index is -3.53. The third-order valence-electron chi connectivity index (χ3n) is 5.20. The fourth-order valence-corrected chi connectivity index (χ4v) is 5.16. The average molecular weight is 389 g/mol. The molecule has 0 fully saturated rings. The van der Waals surface area contributed by atoms with Crippen LogP contribution in [0.3, 0.4) is 0 Å². The molecule has 0 saturated carbocycles. The number of benzene rings is 2. The van der Waals surface area contributed by atoms with Gasteiger partial charge in [-0.2, -0.15) is 0 Å². The molecule has 0 bridgehead atoms. The number of aryl methyl sites for hydroxylation is 2. The maximum Gasteiger partial charge on any atom is 0.240 e. The standard InChI is InChI=1S/C21H28N2O3S/c1-15-13-21(16(2)12-20(15)26-4)27(24,25)22-10-7-11-23-17(3)14-18-8-5-6-9-19(18)23/h5-6,8-9,12-13,17,22H,7,10-11,14H2,1-4H3/t17-/m1/s1. The van der Waals surface area contributed by atoms with Crippen molar-refractivity contribution in [2.75, 3.05) is 25.1 Å². The normalized spacial score (nSPS) is 16.4. The molecule has 0 aromatic heterocycles. The molecule has 0 spiro atoms. The van der Waals surface area contributed by atoms with Gasteiger partial charge in [-0.25, -0.2) is 13.1 Å². The zero-order chi connectivity index (χ0) is 19.6. The summed E-state index contributed by atoms with van der Waals surface area (Å²) in [7, 11) is -1.94. The Morgan fingerprint density at radius 3 is 2.67 bits per heavy atom. The molecule has 0 unspecified atom stereocenters. The first-order valence-electron chi connectivity index (χ1n) is 9.33. The van der Waals surface area contributed by atoms with E-state index in [-0.39, 0.29) is 0 Å². The van der Waals surface area contributed by atoms with E-state index in [9.17, 15) is 8.42 Å². The van der Waals surface area contributed by atoms with E-state index >= 15 is 0 Å². The van der Waals surface area contributed by atoms with Crippen LogP contribution < -0.4 is 14.4 Å². The van der Waals surface area contributed by atoms with Crippen LogP contribution >= 0.6 is 0 Å². The van der Waals surface area contributed by atoms with Crippen LogP contribution in [0.2, 0.25) is 0 Å². The molecule has 1 aliphatic rings. The lowest BCUT2D eigenvalue weighted by Gasteiger charge is -2.25. The van der Waals surface area contributed by atoms with Gasteiger partial charge in [0.05, 0.1) is 12.0 Å². The molecule has 2 aromatic carbocycles. The Morgan fingerprint density at radius 1 is 1.19 bits per heavy atom. The van der Waals surface area contributed by atoms with Gasteiger partial charge in [-0.3, -0.25) is 0 Å². The average Bonchev–Trinajstić information content (AvgIpc) is 2.95. The minimum Gasteiger partial charge on any atom is -0.496 e. The van der Waals surface area contributed by atoms with Gasteiger partial charge in [0.1, 0.15) is 5.75 Å². The molecule has 1 aliphatic heterocycles. The highest BCUT2D eigenvalue weighted by atomic mass is 32.2. The van der Waals surface area contributed by atoms with Gasteiger partial charge in [-0.1, -0.05) is 18.2 Å². The number of fused-ring (bicyclic) bond motifs is 1. The van der Waals surface area contributed by atoms with E-state index in [2.05, 4.69) is 40.8 Å². The fraction of sp³-hybridized carbons (Fsp3) is 0.429. The van der Waals surface area contributed by atoms with Gasteiger partial charge in [0.15, 0.2) is 0 Å². The molecular formula is C21H28N2O3S. The number of nitrogens with one attached hydrogen (secondary N) is 1. The molecule has 6 heteroatoms. The smallest absolute Gasteiger partial charge is 0.240 e. The Balaban J connectivity index is 1.61. The lowest BCUT2D eigenvalue weighted by atomic mass is 10.1. The molecule has 3 rings (SSSR count). The number of rotatable bonds is 7. The number of anilines is 1. The van der Waals surface area contributed by atoms with Crippen LogP contribution in [0.4, 0.5) is 5.69 Å². The van der Waals surface area contributed by atoms with E-state index in [0.29, 0.717) is 28.8 Å². The molecule has 1 N–H and O–H groups in total. The fourth-order valence-electron chi connectivity index (χ4n) is 3.78. The molecule has 0 amide bonds. The highest BCUT2D eigenvalue weighted by Gasteiger charge is 2.25. The number of hydrogen-bond donors (Lipinski definition) is 1. The van der Waals surface area contributed by atoms with Gasteiger partial charge in [0.25, 0.3) is 0 Å². The topological polar surface area (TPSA) is 58.6 Å². The number of para-hydroxylation sites is 1. The zero-order valence-corrected chi connectivity index (χ0v) is 17.3. The van der Waals surface area contributed by atoms with E-state index in [1.54, 1.807) is 26.2 Å². The van der Waals surface area contributed by atoms with Crippen molar-refractivity contribution in [2.24, 2.45) is 0 Å². The number of nitrogens with zero attached hydrogens (tertiary/aromatic N) is 1. The van der Waals surface area contributed by atoms with Crippen LogP contribution in [0, 0.1) is 13.8 Å². The van der Waals surface area contributed by atoms with E-state index in [1.807, 2.05) is 6.92 Å². The lowest BCUT2D eigenvalue weighted by molar-refractivity contribution is 0.411. The summed E-state index contributed by atoms with van der Waals surface area (Å²) in [6, 6.07) is 12.3. The van der Waals surface area contributed by atoms with Crippen molar-refractivity contribution in [3.8, 4) is 5.75 Å². The summed E-state index contributed by atoms with van der Waals surface area (Å²) in [5, 5.41) is 0. The third-order valence-corrected chi connectivity index (χ3v) is 6.80. The summed E-state index contributed by atoms with van der Waals surface area (Å²) in [5.41, 5.74) is 4.14. The Hall–Kier alpha value is -2.05. The summed E-state index contributed by atoms with van der Waals surface area (Å²) >= 11 is 0. The zero-order valence-electron chi connectivity index (χ0n) is 16.5. The summed E-state index contributed by atoms with van der Waals surface area (Å²) in [5.74, 6) is 0.702. The van der Waals surface area contributed by atoms with Crippen molar-refractivity contribution in [1.29, 1.82) is 0 Å². The molecular weight excluding hydrogens is 360 g/mol. The predicted octanol–water partition coefficient (Wildman–Crippen LogP) is 3.43. The van der Waals surface area contributed by atoms with E-state index < -0.39 is 10.0 Å². The summed E-state index contributed by atoms with van der Waals surface area (Å²) in [4.78, 5) is 2.69. The molecule has 1 atom stereocenters. The van der Waals surface area contributed by atoms with Gasteiger partial charge in [0, 0.05) is 24.8 Å². The third kappa shape index (κ3) is 4.12. The number of sulfonamides is 1. The first-order chi connectivity index (χ1) is 12.8. The van der Waals surface area contributed by atoms with Crippen molar-refractivity contribution >= 4 is 15.7 Å². The SMILES string of the molecule is COc1cc(C)c(S(=O)(=O)NCCCN2c3ccccc3C[C@H]2C)cc1C. The Morgan fingerprint density at radius 2 is 1.93 bits per heavy atom. The van der Waals surface area contributed by atoms with Crippen LogP contribution in [-0.4, -0.2) is 34.7 Å². The number of methoxy groups -OCH3 is 1. The lowest BCUT2D eigenvalue weighted by Crippen LogP contribution is -2.33.